The Bertz CT molecular complexity index is 3630. The van der Waals surface area contributed by atoms with Crippen LogP contribution in [0.2, 0.25) is 0 Å². The zero-order valence-electron chi connectivity index (χ0n) is 39.4. The van der Waals surface area contributed by atoms with Crippen LogP contribution >= 0.6 is 0 Å². The summed E-state index contributed by atoms with van der Waals surface area (Å²) in [5, 5.41) is 0.803. The van der Waals surface area contributed by atoms with E-state index in [2.05, 4.69) is 0 Å². The Morgan fingerprint density at radius 3 is 1.49 bits per heavy atom. The summed E-state index contributed by atoms with van der Waals surface area (Å²) in [7, 11) is 0. The first kappa shape index (κ1) is 15.4. The molecule has 0 aliphatic rings. The molecule has 1 heteroatoms. The van der Waals surface area contributed by atoms with E-state index < -0.39 is 54.4 Å². The van der Waals surface area contributed by atoms with Crippen molar-refractivity contribution in [2.75, 3.05) is 0 Å². The molecular weight excluding hydrogens is 569 g/mol. The van der Waals surface area contributed by atoms with E-state index in [0.29, 0.717) is 38.2 Å². The second-order valence-corrected chi connectivity index (χ2v) is 11.2. The van der Waals surface area contributed by atoms with Gasteiger partial charge in [0.2, 0.25) is 0 Å². The summed E-state index contributed by atoms with van der Waals surface area (Å²) in [5.41, 5.74) is 0.731. The summed E-state index contributed by atoms with van der Waals surface area (Å²) in [6.07, 6.45) is 0. The normalized spacial score (nSPS) is 16.3. The fourth-order valence-corrected chi connectivity index (χ4v) is 6.40. The van der Waals surface area contributed by atoms with Crippen LogP contribution in [0.25, 0.3) is 98.4 Å². The summed E-state index contributed by atoms with van der Waals surface area (Å²) in [5.74, 6) is 0. The minimum Gasteiger partial charge on any atom is -0.456 e. The van der Waals surface area contributed by atoms with Crippen LogP contribution in [0.3, 0.4) is 0 Å². The molecule has 0 bridgehead atoms. The molecule has 1 heterocycles. The van der Waals surface area contributed by atoms with Crippen molar-refractivity contribution < 1.29 is 25.0 Å². The van der Waals surface area contributed by atoms with E-state index in [9.17, 15) is 8.22 Å². The molecule has 0 saturated carbocycles. The summed E-state index contributed by atoms with van der Waals surface area (Å²) in [4.78, 5) is 0. The van der Waals surface area contributed by atoms with Crippen LogP contribution in [0.4, 0.5) is 0 Å². The molecule has 1 aromatic heterocycles. The molecule has 0 aliphatic heterocycles. The Kier molecular flexibility index (Phi) is 3.33. The van der Waals surface area contributed by atoms with Crippen LogP contribution in [0.5, 0.6) is 0 Å². The molecular formula is C46H28O. The van der Waals surface area contributed by atoms with Crippen LogP contribution in [0, 0.1) is 0 Å². The Balaban J connectivity index is 1.32. The van der Waals surface area contributed by atoms with E-state index in [4.69, 9.17) is 16.8 Å². The molecule has 9 aromatic carbocycles. The fourth-order valence-electron chi connectivity index (χ4n) is 6.40. The molecule has 47 heavy (non-hydrogen) atoms. The minimum absolute atomic E-state index is 0.0143. The van der Waals surface area contributed by atoms with Gasteiger partial charge in [0, 0.05) is 10.8 Å². The fraction of sp³-hybridized carbons (Fsp3) is 0. The zero-order valence-corrected chi connectivity index (χ0v) is 24.4. The molecule has 10 aromatic rings. The molecule has 0 unspecified atom stereocenters. The van der Waals surface area contributed by atoms with Crippen molar-refractivity contribution in [3.63, 3.8) is 0 Å². The number of hydrogen-bond donors (Lipinski definition) is 0. The van der Waals surface area contributed by atoms with Gasteiger partial charge in [-0.25, -0.2) is 0 Å². The smallest absolute Gasteiger partial charge is 0.136 e. The SMILES string of the molecule is [2H]c1c(-c2c3ccccc3c(-c3c([2H])c([2H])c4c(oc5c([2H])c6c([2H])c([2H])c([2H])c([2H])c6c([2H])c54)c3[2H])c3ccccc23)c([2H])c2c([2H])c([2H])c(-c3ccccc3)c([2H])c2c1[2H]. The van der Waals surface area contributed by atoms with Crippen molar-refractivity contribution in [1.82, 2.24) is 0 Å². The van der Waals surface area contributed by atoms with Crippen LogP contribution in [0.1, 0.15) is 20.6 Å². The van der Waals surface area contributed by atoms with Crippen LogP contribution in [0.15, 0.2) is 174 Å². The maximum Gasteiger partial charge on any atom is 0.136 e. The lowest BCUT2D eigenvalue weighted by Crippen LogP contribution is -1.91. The number of fused-ring (bicyclic) bond motifs is 7. The van der Waals surface area contributed by atoms with Gasteiger partial charge in [0.15, 0.2) is 0 Å². The van der Waals surface area contributed by atoms with Crippen molar-refractivity contribution in [3.05, 3.63) is 169 Å². The largest absolute Gasteiger partial charge is 0.456 e. The summed E-state index contributed by atoms with van der Waals surface area (Å²) >= 11 is 0. The second kappa shape index (κ2) is 10.2. The van der Waals surface area contributed by atoms with Crippen molar-refractivity contribution in [2.24, 2.45) is 0 Å². The molecule has 0 spiro atoms. The average Bonchev–Trinajstić information content (AvgIpc) is 3.69. The number of benzene rings is 9. The molecule has 0 amide bonds. The van der Waals surface area contributed by atoms with Crippen molar-refractivity contribution in [3.8, 4) is 33.4 Å². The highest BCUT2D eigenvalue weighted by Gasteiger charge is 2.18. The van der Waals surface area contributed by atoms with Crippen molar-refractivity contribution >= 4 is 65.0 Å². The third-order valence-electron chi connectivity index (χ3n) is 8.50. The molecule has 1 nitrogen and oxygen atoms in total. The van der Waals surface area contributed by atoms with Crippen LogP contribution < -0.4 is 0 Å². The van der Waals surface area contributed by atoms with E-state index in [1.54, 1.807) is 78.9 Å². The van der Waals surface area contributed by atoms with Gasteiger partial charge in [-0.15, -0.1) is 0 Å². The summed E-state index contributed by atoms with van der Waals surface area (Å²) in [6.45, 7) is 0. The highest BCUT2D eigenvalue weighted by molar-refractivity contribution is 6.22. The van der Waals surface area contributed by atoms with Gasteiger partial charge in [0.05, 0.1) is 20.6 Å². The van der Waals surface area contributed by atoms with E-state index >= 15 is 0 Å². The van der Waals surface area contributed by atoms with Gasteiger partial charge < -0.3 is 4.42 Å². The highest BCUT2D eigenvalue weighted by atomic mass is 16.3. The first-order valence-corrected chi connectivity index (χ1v) is 15.0. The third-order valence-corrected chi connectivity index (χ3v) is 8.50. The molecule has 218 valence electrons. The third kappa shape index (κ3) is 4.10. The first-order chi connectivity index (χ1) is 29.6. The standard InChI is InChI=1S/C46H28O/c1-2-10-29(11-3-1)32-18-19-34-25-35(21-20-33(34)24-32)45-38-14-6-8-16-40(38)46(41-17-9-7-15-39(41)45)36-22-23-37-42-26-30-12-4-5-13-31(30)27-44(42)47-43(37)28-36/h1-28H/i4D,5D,12D,13D,18D,19D,20D,21D,22D,23D,24D,25D,26D,27D,28D. The number of furan rings is 1. The predicted octanol–water partition coefficient (Wildman–Crippen LogP) is 13.2. The molecule has 0 fully saturated rings. The predicted molar refractivity (Wildman–Crippen MR) is 200 cm³/mol. The van der Waals surface area contributed by atoms with E-state index in [1.807, 2.05) is 0 Å². The Morgan fingerprint density at radius 1 is 0.340 bits per heavy atom. The Hall–Kier alpha value is -6.18. The van der Waals surface area contributed by atoms with Gasteiger partial charge >= 0.3 is 0 Å². The molecule has 10 rings (SSSR count). The maximum absolute atomic E-state index is 9.63. The molecule has 0 radical (unpaired) electrons. The lowest BCUT2D eigenvalue weighted by molar-refractivity contribution is 0.669. The van der Waals surface area contributed by atoms with Crippen molar-refractivity contribution in [1.29, 1.82) is 0 Å². The van der Waals surface area contributed by atoms with E-state index in [-0.39, 0.29) is 96.4 Å². The minimum atomic E-state index is -0.599. The zero-order chi connectivity index (χ0) is 44.0. The van der Waals surface area contributed by atoms with Gasteiger partial charge in [-0.3, -0.25) is 0 Å². The number of hydrogen-bond acceptors (Lipinski definition) is 1. The molecule has 0 saturated heterocycles. The lowest BCUT2D eigenvalue weighted by Gasteiger charge is -2.18. The van der Waals surface area contributed by atoms with Gasteiger partial charge in [-0.1, -0.05) is 133 Å². The topological polar surface area (TPSA) is 13.1 Å². The molecule has 0 aliphatic carbocycles. The van der Waals surface area contributed by atoms with E-state index in [1.165, 1.54) is 0 Å². The second-order valence-electron chi connectivity index (χ2n) is 11.2. The molecule has 0 atom stereocenters. The summed E-state index contributed by atoms with van der Waals surface area (Å²) < 4.78 is 142. The first-order valence-electron chi connectivity index (χ1n) is 22.5. The van der Waals surface area contributed by atoms with Gasteiger partial charge in [0.25, 0.3) is 0 Å². The average molecular weight is 612 g/mol. The van der Waals surface area contributed by atoms with Gasteiger partial charge in [-0.2, -0.15) is 0 Å². The summed E-state index contributed by atoms with van der Waals surface area (Å²) in [6, 6.07) is 16.1. The molecule has 0 N–H and O–H groups in total. The van der Waals surface area contributed by atoms with Crippen molar-refractivity contribution in [2.45, 2.75) is 0 Å². The van der Waals surface area contributed by atoms with E-state index in [0.717, 1.165) is 0 Å². The van der Waals surface area contributed by atoms with Crippen LogP contribution in [-0.2, 0) is 0 Å². The Labute approximate surface area is 293 Å². The van der Waals surface area contributed by atoms with Crippen LogP contribution in [-0.4, -0.2) is 0 Å². The monoisotopic (exact) mass is 611 g/mol. The highest BCUT2D eigenvalue weighted by Crippen LogP contribution is 2.45. The lowest BCUT2D eigenvalue weighted by atomic mass is 9.85. The van der Waals surface area contributed by atoms with Gasteiger partial charge in [0.1, 0.15) is 11.2 Å². The number of rotatable bonds is 3. The maximum atomic E-state index is 9.63. The van der Waals surface area contributed by atoms with Gasteiger partial charge in [-0.05, 0) is 113 Å². The Morgan fingerprint density at radius 2 is 0.830 bits per heavy atom. The quantitative estimate of drug-likeness (QED) is 0.181.